The van der Waals surface area contributed by atoms with E-state index in [-0.39, 0.29) is 0 Å². The van der Waals surface area contributed by atoms with Crippen molar-refractivity contribution >= 4 is 17.9 Å². The molecule has 29 heavy (non-hydrogen) atoms. The van der Waals surface area contributed by atoms with Crippen LogP contribution in [0.5, 0.6) is 5.75 Å². The van der Waals surface area contributed by atoms with Crippen molar-refractivity contribution in [1.29, 1.82) is 0 Å². The number of hydrazine groups is 1. The van der Waals surface area contributed by atoms with E-state index in [1.54, 1.807) is 20.8 Å². The molecule has 0 aromatic heterocycles. The van der Waals surface area contributed by atoms with Gasteiger partial charge in [0.15, 0.2) is 0 Å². The molecular formula is C18H22F3N3O5. The van der Waals surface area contributed by atoms with E-state index in [0.29, 0.717) is 19.4 Å². The van der Waals surface area contributed by atoms with Gasteiger partial charge in [0.2, 0.25) is 0 Å². The van der Waals surface area contributed by atoms with Gasteiger partial charge in [0.1, 0.15) is 17.4 Å². The van der Waals surface area contributed by atoms with Crippen LogP contribution in [-0.4, -0.2) is 47.4 Å². The number of amides is 3. The zero-order valence-electron chi connectivity index (χ0n) is 16.1. The fourth-order valence-electron chi connectivity index (χ4n) is 2.72. The summed E-state index contributed by atoms with van der Waals surface area (Å²) >= 11 is 0. The summed E-state index contributed by atoms with van der Waals surface area (Å²) in [4.78, 5) is 38.1. The predicted molar refractivity (Wildman–Crippen MR) is 94.7 cm³/mol. The largest absolute Gasteiger partial charge is 0.573 e. The number of rotatable bonds is 3. The second kappa shape index (κ2) is 8.58. The molecule has 2 rings (SSSR count). The summed E-state index contributed by atoms with van der Waals surface area (Å²) in [7, 11) is 0. The monoisotopic (exact) mass is 417 g/mol. The third-order valence-corrected chi connectivity index (χ3v) is 3.84. The number of carbonyl (C=O) groups excluding carboxylic acids is 3. The quantitative estimate of drug-likeness (QED) is 0.738. The van der Waals surface area contributed by atoms with E-state index < -0.39 is 47.2 Å². The Kier molecular flexibility index (Phi) is 6.60. The zero-order chi connectivity index (χ0) is 21.8. The lowest BCUT2D eigenvalue weighted by Crippen LogP contribution is -2.52. The summed E-state index contributed by atoms with van der Waals surface area (Å²) in [5, 5.41) is 0. The van der Waals surface area contributed by atoms with Gasteiger partial charge < -0.3 is 9.47 Å². The number of carbonyl (C=O) groups is 3. The molecule has 1 heterocycles. The second-order valence-corrected chi connectivity index (χ2v) is 7.32. The Bertz CT molecular complexity index is 777. The van der Waals surface area contributed by atoms with Gasteiger partial charge in [-0.15, -0.1) is 13.2 Å². The summed E-state index contributed by atoms with van der Waals surface area (Å²) in [6, 6.07) is 3.85. The molecule has 1 aliphatic rings. The van der Waals surface area contributed by atoms with Crippen LogP contribution in [0.4, 0.5) is 18.0 Å². The Balaban J connectivity index is 2.00. The summed E-state index contributed by atoms with van der Waals surface area (Å²) in [6.45, 7) is 5.38. The van der Waals surface area contributed by atoms with Crippen molar-refractivity contribution < 1.29 is 37.0 Å². The Morgan fingerprint density at radius 3 is 2.38 bits per heavy atom. The van der Waals surface area contributed by atoms with E-state index in [2.05, 4.69) is 10.2 Å². The normalized spacial score (nSPS) is 16.9. The van der Waals surface area contributed by atoms with Crippen LogP contribution in [0.1, 0.15) is 44.0 Å². The summed E-state index contributed by atoms with van der Waals surface area (Å²) in [6.07, 6.45) is -4.72. The average molecular weight is 417 g/mol. The highest BCUT2D eigenvalue weighted by molar-refractivity contribution is 5.98. The number of benzene rings is 1. The molecule has 2 N–H and O–H groups in total. The van der Waals surface area contributed by atoms with Crippen molar-refractivity contribution in [1.82, 2.24) is 15.8 Å². The van der Waals surface area contributed by atoms with E-state index >= 15 is 0 Å². The van der Waals surface area contributed by atoms with Crippen LogP contribution in [0.3, 0.4) is 0 Å². The molecule has 0 aliphatic carbocycles. The first-order chi connectivity index (χ1) is 13.4. The van der Waals surface area contributed by atoms with Gasteiger partial charge in [0.25, 0.3) is 11.8 Å². The Hall–Kier alpha value is -2.98. The van der Waals surface area contributed by atoms with Crippen molar-refractivity contribution in [2.75, 3.05) is 6.54 Å². The van der Waals surface area contributed by atoms with Crippen molar-refractivity contribution in [3.8, 4) is 5.75 Å². The van der Waals surface area contributed by atoms with E-state index in [9.17, 15) is 27.6 Å². The summed E-state index contributed by atoms with van der Waals surface area (Å²) < 4.78 is 46.5. The standard InChI is InChI=1S/C18H22F3N3O5/c1-17(2,3)29-16(27)24-10-6-8-12(24)15(26)23-22-14(25)11-7-4-5-9-13(11)28-18(19,20)21/h4-5,7,9,12H,6,8,10H2,1-3H3,(H,22,25)(H,23,26)/t12-/m0/s1. The molecule has 1 aromatic rings. The Labute approximate surface area is 165 Å². The number of likely N-dealkylation sites (tertiary alicyclic amines) is 1. The highest BCUT2D eigenvalue weighted by atomic mass is 19.4. The molecule has 1 fully saturated rings. The third-order valence-electron chi connectivity index (χ3n) is 3.84. The number of para-hydroxylation sites is 1. The fraction of sp³-hybridized carbons (Fsp3) is 0.500. The molecule has 8 nitrogen and oxygen atoms in total. The summed E-state index contributed by atoms with van der Waals surface area (Å²) in [5.41, 5.74) is 3.03. The molecule has 3 amide bonds. The molecule has 0 radical (unpaired) electrons. The number of ether oxygens (including phenoxy) is 2. The topological polar surface area (TPSA) is 97.0 Å². The zero-order valence-corrected chi connectivity index (χ0v) is 16.1. The number of alkyl halides is 3. The molecule has 1 atom stereocenters. The average Bonchev–Trinajstić information content (AvgIpc) is 3.07. The molecule has 1 saturated heterocycles. The van der Waals surface area contributed by atoms with Crippen molar-refractivity contribution in [2.24, 2.45) is 0 Å². The van der Waals surface area contributed by atoms with Gasteiger partial charge in [-0.05, 0) is 45.7 Å². The van der Waals surface area contributed by atoms with Crippen molar-refractivity contribution in [3.63, 3.8) is 0 Å². The van der Waals surface area contributed by atoms with Gasteiger partial charge in [-0.25, -0.2) is 4.79 Å². The minimum Gasteiger partial charge on any atom is -0.444 e. The highest BCUT2D eigenvalue weighted by Crippen LogP contribution is 2.26. The molecule has 11 heteroatoms. The van der Waals surface area contributed by atoms with Crippen LogP contribution in [-0.2, 0) is 9.53 Å². The molecule has 160 valence electrons. The van der Waals surface area contributed by atoms with E-state index in [0.717, 1.165) is 12.1 Å². The number of hydrogen-bond donors (Lipinski definition) is 2. The molecule has 1 aromatic carbocycles. The van der Waals surface area contributed by atoms with E-state index in [1.165, 1.54) is 17.0 Å². The molecule has 0 unspecified atom stereocenters. The van der Waals surface area contributed by atoms with Crippen LogP contribution in [0.25, 0.3) is 0 Å². The first-order valence-corrected chi connectivity index (χ1v) is 8.82. The number of halogens is 3. The molecule has 0 saturated carbocycles. The van der Waals surface area contributed by atoms with Gasteiger partial charge >= 0.3 is 12.5 Å². The van der Waals surface area contributed by atoms with Gasteiger partial charge in [-0.2, -0.15) is 0 Å². The van der Waals surface area contributed by atoms with Crippen LogP contribution in [0.2, 0.25) is 0 Å². The SMILES string of the molecule is CC(C)(C)OC(=O)N1CCC[C@H]1C(=O)NNC(=O)c1ccccc1OC(F)(F)F. The molecule has 1 aliphatic heterocycles. The number of nitrogens with one attached hydrogen (secondary N) is 2. The first-order valence-electron chi connectivity index (χ1n) is 8.82. The van der Waals surface area contributed by atoms with Crippen LogP contribution in [0.15, 0.2) is 24.3 Å². The number of nitrogens with zero attached hydrogens (tertiary/aromatic N) is 1. The molecular weight excluding hydrogens is 395 g/mol. The maximum Gasteiger partial charge on any atom is 0.573 e. The molecule has 0 bridgehead atoms. The summed E-state index contributed by atoms with van der Waals surface area (Å²) in [5.74, 6) is -2.39. The third kappa shape index (κ3) is 6.54. The van der Waals surface area contributed by atoms with Gasteiger partial charge in [-0.3, -0.25) is 25.3 Å². The van der Waals surface area contributed by atoms with E-state index in [1.807, 2.05) is 5.43 Å². The Morgan fingerprint density at radius 1 is 1.10 bits per heavy atom. The minimum absolute atomic E-state index is 0.309. The minimum atomic E-state index is -4.97. The maximum atomic E-state index is 12.5. The van der Waals surface area contributed by atoms with Crippen LogP contribution in [0, 0.1) is 0 Å². The van der Waals surface area contributed by atoms with Crippen LogP contribution >= 0.6 is 0 Å². The lowest BCUT2D eigenvalue weighted by atomic mass is 10.2. The predicted octanol–water partition coefficient (Wildman–Crippen LogP) is 2.75. The molecule has 0 spiro atoms. The fourth-order valence-corrected chi connectivity index (χ4v) is 2.72. The van der Waals surface area contributed by atoms with Gasteiger partial charge in [0, 0.05) is 6.54 Å². The van der Waals surface area contributed by atoms with Crippen molar-refractivity contribution in [3.05, 3.63) is 29.8 Å². The maximum absolute atomic E-state index is 12.5. The lowest BCUT2D eigenvalue weighted by molar-refractivity contribution is -0.274. The smallest absolute Gasteiger partial charge is 0.444 e. The highest BCUT2D eigenvalue weighted by Gasteiger charge is 2.37. The van der Waals surface area contributed by atoms with Crippen LogP contribution < -0.4 is 15.6 Å². The second-order valence-electron chi connectivity index (χ2n) is 7.32. The lowest BCUT2D eigenvalue weighted by Gasteiger charge is -2.28. The number of hydrogen-bond acceptors (Lipinski definition) is 5. The van der Waals surface area contributed by atoms with Gasteiger partial charge in [-0.1, -0.05) is 12.1 Å². The van der Waals surface area contributed by atoms with E-state index in [4.69, 9.17) is 4.74 Å². The Morgan fingerprint density at radius 2 is 1.76 bits per heavy atom. The van der Waals surface area contributed by atoms with Crippen molar-refractivity contribution in [2.45, 2.75) is 51.6 Å². The van der Waals surface area contributed by atoms with Gasteiger partial charge in [0.05, 0.1) is 5.56 Å². The first kappa shape index (κ1) is 22.3.